The normalized spacial score (nSPS) is 20.5. The van der Waals surface area contributed by atoms with Crippen LogP contribution < -0.4 is 15.4 Å². The van der Waals surface area contributed by atoms with Crippen molar-refractivity contribution in [3.05, 3.63) is 42.2 Å². The van der Waals surface area contributed by atoms with Gasteiger partial charge >= 0.3 is 0 Å². The highest BCUT2D eigenvalue weighted by Gasteiger charge is 2.30. The third-order valence-corrected chi connectivity index (χ3v) is 6.51. The van der Waals surface area contributed by atoms with E-state index in [9.17, 15) is 9.90 Å². The summed E-state index contributed by atoms with van der Waals surface area (Å²) < 4.78 is 9.07. The van der Waals surface area contributed by atoms with Crippen LogP contribution in [0.3, 0.4) is 0 Å². The number of carbonyl (C=O) groups is 1. The molecule has 0 unspecified atom stereocenters. The number of methoxy groups -OCH3 is 1. The number of fused-ring (bicyclic) bond motifs is 2. The van der Waals surface area contributed by atoms with Crippen molar-refractivity contribution >= 4 is 22.9 Å². The second-order valence-corrected chi connectivity index (χ2v) is 9.77. The lowest BCUT2D eigenvalue weighted by Crippen LogP contribution is -2.36. The highest BCUT2D eigenvalue weighted by molar-refractivity contribution is 6.08. The van der Waals surface area contributed by atoms with Crippen LogP contribution in [0.5, 0.6) is 5.88 Å². The molecule has 4 aromatic rings. The van der Waals surface area contributed by atoms with Crippen molar-refractivity contribution in [2.45, 2.75) is 64.1 Å². The van der Waals surface area contributed by atoms with Crippen molar-refractivity contribution in [2.75, 3.05) is 12.4 Å². The molecule has 10 heteroatoms. The van der Waals surface area contributed by atoms with Gasteiger partial charge in [0.2, 0.25) is 11.8 Å². The fourth-order valence-corrected chi connectivity index (χ4v) is 4.70. The molecule has 3 N–H and O–H groups in total. The zero-order valence-electron chi connectivity index (χ0n) is 20.4. The third-order valence-electron chi connectivity index (χ3n) is 6.51. The molecule has 0 saturated heterocycles. The van der Waals surface area contributed by atoms with Gasteiger partial charge in [0.15, 0.2) is 0 Å². The van der Waals surface area contributed by atoms with Gasteiger partial charge in [-0.05, 0) is 64.7 Å². The van der Waals surface area contributed by atoms with Gasteiger partial charge in [-0.15, -0.1) is 5.10 Å². The van der Waals surface area contributed by atoms with E-state index in [1.165, 1.54) is 0 Å². The van der Waals surface area contributed by atoms with Crippen LogP contribution in [-0.4, -0.2) is 60.0 Å². The standard InChI is InChI=1S/C25H31N7O3/c1-15(2)26-22(33)19-18-7-5-6-13-31(18)29-20(19)17-10-14-32-21(17)23(35-4)28-24(30-32)27-16-8-11-25(3,34)12-9-16/h5-7,10,13-16,34H,8-9,11-12H2,1-4H3,(H,26,33)(H,27,30). The summed E-state index contributed by atoms with van der Waals surface area (Å²) in [7, 11) is 1.57. The molecule has 0 bridgehead atoms. The first kappa shape index (κ1) is 23.1. The van der Waals surface area contributed by atoms with E-state index in [0.717, 1.165) is 25.7 Å². The smallest absolute Gasteiger partial charge is 0.255 e. The van der Waals surface area contributed by atoms with Crippen LogP contribution in [0, 0.1) is 0 Å². The number of ether oxygens (including phenoxy) is 1. The lowest BCUT2D eigenvalue weighted by Gasteiger charge is -2.33. The van der Waals surface area contributed by atoms with Crippen molar-refractivity contribution in [1.29, 1.82) is 0 Å². The van der Waals surface area contributed by atoms with E-state index in [1.807, 2.05) is 57.4 Å². The van der Waals surface area contributed by atoms with Crippen LogP contribution in [-0.2, 0) is 0 Å². The van der Waals surface area contributed by atoms with E-state index in [-0.39, 0.29) is 18.0 Å². The third kappa shape index (κ3) is 4.41. The van der Waals surface area contributed by atoms with Crippen LogP contribution in [0.1, 0.15) is 56.8 Å². The van der Waals surface area contributed by atoms with Crippen molar-refractivity contribution in [1.82, 2.24) is 29.5 Å². The predicted octanol–water partition coefficient (Wildman–Crippen LogP) is 3.30. The summed E-state index contributed by atoms with van der Waals surface area (Å²) in [6, 6.07) is 7.67. The Hall–Kier alpha value is -3.66. The zero-order chi connectivity index (χ0) is 24.7. The second kappa shape index (κ2) is 8.84. The number of pyridine rings is 1. The van der Waals surface area contributed by atoms with Gasteiger partial charge in [-0.25, -0.2) is 9.03 Å². The SMILES string of the molecule is COc1nc(NC2CCC(C)(O)CC2)nn2ccc(-c3nn4ccccc4c3C(=O)NC(C)C)c12. The lowest BCUT2D eigenvalue weighted by molar-refractivity contribution is 0.0195. The Morgan fingerprint density at radius 1 is 1.17 bits per heavy atom. The van der Waals surface area contributed by atoms with E-state index < -0.39 is 5.60 Å². The maximum Gasteiger partial charge on any atom is 0.255 e. The Bertz CT molecular complexity index is 1380. The summed E-state index contributed by atoms with van der Waals surface area (Å²) in [5, 5.41) is 26.0. The molecule has 1 fully saturated rings. The monoisotopic (exact) mass is 477 g/mol. The Kier molecular flexibility index (Phi) is 5.84. The maximum atomic E-state index is 13.2. The molecule has 1 aliphatic rings. The van der Waals surface area contributed by atoms with E-state index in [0.29, 0.717) is 39.7 Å². The Morgan fingerprint density at radius 2 is 1.94 bits per heavy atom. The highest BCUT2D eigenvalue weighted by atomic mass is 16.5. The van der Waals surface area contributed by atoms with Crippen LogP contribution in [0.4, 0.5) is 5.95 Å². The van der Waals surface area contributed by atoms with Gasteiger partial charge in [0, 0.05) is 30.0 Å². The van der Waals surface area contributed by atoms with Crippen LogP contribution in [0.2, 0.25) is 0 Å². The molecule has 5 rings (SSSR count). The van der Waals surface area contributed by atoms with Gasteiger partial charge in [-0.2, -0.15) is 10.1 Å². The summed E-state index contributed by atoms with van der Waals surface area (Å²) in [5.74, 6) is 0.648. The lowest BCUT2D eigenvalue weighted by atomic mass is 9.84. The molecule has 0 atom stereocenters. The summed E-state index contributed by atoms with van der Waals surface area (Å²) in [4.78, 5) is 17.8. The topological polar surface area (TPSA) is 118 Å². The minimum atomic E-state index is -0.607. The molecule has 35 heavy (non-hydrogen) atoms. The highest BCUT2D eigenvalue weighted by Crippen LogP contribution is 2.35. The number of aromatic nitrogens is 5. The Morgan fingerprint density at radius 3 is 2.66 bits per heavy atom. The summed E-state index contributed by atoms with van der Waals surface area (Å²) in [6.07, 6.45) is 6.77. The molecule has 10 nitrogen and oxygen atoms in total. The second-order valence-electron chi connectivity index (χ2n) is 9.77. The number of carbonyl (C=O) groups excluding carboxylic acids is 1. The first-order valence-corrected chi connectivity index (χ1v) is 12.0. The zero-order valence-corrected chi connectivity index (χ0v) is 20.4. The van der Waals surface area contributed by atoms with Crippen LogP contribution >= 0.6 is 0 Å². The molecule has 0 spiro atoms. The number of nitrogens with one attached hydrogen (secondary N) is 2. The van der Waals surface area contributed by atoms with Crippen molar-refractivity contribution in [2.24, 2.45) is 0 Å². The minimum Gasteiger partial charge on any atom is -0.479 e. The molecule has 184 valence electrons. The molecular weight excluding hydrogens is 446 g/mol. The van der Waals surface area contributed by atoms with Crippen molar-refractivity contribution in [3.63, 3.8) is 0 Å². The fourth-order valence-electron chi connectivity index (χ4n) is 4.70. The average molecular weight is 478 g/mol. The quantitative estimate of drug-likeness (QED) is 0.390. The number of anilines is 1. The molecule has 4 heterocycles. The molecule has 1 aliphatic carbocycles. The molecule has 0 aromatic carbocycles. The van der Waals surface area contributed by atoms with E-state index in [1.54, 1.807) is 16.1 Å². The number of hydrogen-bond acceptors (Lipinski definition) is 7. The number of aliphatic hydroxyl groups is 1. The van der Waals surface area contributed by atoms with E-state index in [4.69, 9.17) is 9.84 Å². The first-order chi connectivity index (χ1) is 16.8. The Labute approximate surface area is 203 Å². The number of rotatable bonds is 6. The molecule has 4 aromatic heterocycles. The largest absolute Gasteiger partial charge is 0.479 e. The number of nitrogens with zero attached hydrogens (tertiary/aromatic N) is 5. The number of amides is 1. The molecule has 0 radical (unpaired) electrons. The molecule has 1 amide bonds. The van der Waals surface area contributed by atoms with Gasteiger partial charge in [-0.3, -0.25) is 4.79 Å². The minimum absolute atomic E-state index is 0.0187. The number of hydrogen-bond donors (Lipinski definition) is 3. The van der Waals surface area contributed by atoms with Crippen molar-refractivity contribution in [3.8, 4) is 17.1 Å². The summed E-state index contributed by atoms with van der Waals surface area (Å²) in [5.41, 5.74) is 2.47. The van der Waals surface area contributed by atoms with Gasteiger partial charge in [0.05, 0.1) is 23.8 Å². The van der Waals surface area contributed by atoms with Crippen LogP contribution in [0.25, 0.3) is 22.3 Å². The fraction of sp³-hybridized carbons (Fsp3) is 0.440. The summed E-state index contributed by atoms with van der Waals surface area (Å²) >= 11 is 0. The average Bonchev–Trinajstić information content (AvgIpc) is 3.41. The van der Waals surface area contributed by atoms with Gasteiger partial charge < -0.3 is 20.5 Å². The molecule has 0 aliphatic heterocycles. The van der Waals surface area contributed by atoms with Gasteiger partial charge in [0.1, 0.15) is 11.2 Å². The molecular formula is C25H31N7O3. The van der Waals surface area contributed by atoms with E-state index >= 15 is 0 Å². The Balaban J connectivity index is 1.57. The van der Waals surface area contributed by atoms with Gasteiger partial charge in [-0.1, -0.05) is 6.07 Å². The predicted molar refractivity (Wildman–Crippen MR) is 133 cm³/mol. The first-order valence-electron chi connectivity index (χ1n) is 12.0. The van der Waals surface area contributed by atoms with Crippen molar-refractivity contribution < 1.29 is 14.6 Å². The summed E-state index contributed by atoms with van der Waals surface area (Å²) in [6.45, 7) is 5.73. The molecule has 1 saturated carbocycles. The van der Waals surface area contributed by atoms with E-state index in [2.05, 4.69) is 20.7 Å². The van der Waals surface area contributed by atoms with Gasteiger partial charge in [0.25, 0.3) is 5.91 Å². The van der Waals surface area contributed by atoms with Crippen LogP contribution in [0.15, 0.2) is 36.7 Å². The maximum absolute atomic E-state index is 13.2.